The lowest BCUT2D eigenvalue weighted by Crippen LogP contribution is -2.44. The number of carbonyl (C=O) groups is 3. The minimum atomic E-state index is -4.58. The summed E-state index contributed by atoms with van der Waals surface area (Å²) in [5.74, 6) is -1.78. The third kappa shape index (κ3) is 6.75. The van der Waals surface area contributed by atoms with Crippen LogP contribution < -0.4 is 10.6 Å². The predicted octanol–water partition coefficient (Wildman–Crippen LogP) is 1.60. The highest BCUT2D eigenvalue weighted by atomic mass is 32.1. The summed E-state index contributed by atoms with van der Waals surface area (Å²) >= 11 is 1.16. The smallest absolute Gasteiger partial charge is 0.405 e. The Morgan fingerprint density at radius 2 is 1.95 bits per heavy atom. The van der Waals surface area contributed by atoms with Gasteiger partial charge in [-0.1, -0.05) is 0 Å². The first-order valence-corrected chi connectivity index (χ1v) is 6.37. The van der Waals surface area contributed by atoms with Gasteiger partial charge in [0.05, 0.1) is 0 Å². The molecular weight excluding hydrogens is 313 g/mol. The molecule has 0 aromatic carbocycles. The summed E-state index contributed by atoms with van der Waals surface area (Å²) in [6.45, 7) is -0.561. The average molecular weight is 324 g/mol. The largest absolute Gasteiger partial charge is 0.451 e. The van der Waals surface area contributed by atoms with Gasteiger partial charge in [-0.05, 0) is 19.1 Å². The number of thiophene rings is 1. The van der Waals surface area contributed by atoms with Crippen molar-refractivity contribution in [3.63, 3.8) is 0 Å². The van der Waals surface area contributed by atoms with Gasteiger partial charge >= 0.3 is 18.2 Å². The van der Waals surface area contributed by atoms with E-state index in [-0.39, 0.29) is 4.88 Å². The normalized spacial score (nSPS) is 10.9. The van der Waals surface area contributed by atoms with Crippen molar-refractivity contribution in [2.45, 2.75) is 13.1 Å². The molecule has 1 aromatic rings. The molecular formula is C11H11F3N2O4S. The van der Waals surface area contributed by atoms with Crippen LogP contribution in [0.1, 0.15) is 14.5 Å². The Morgan fingerprint density at radius 1 is 1.29 bits per heavy atom. The first kappa shape index (κ1) is 17.0. The summed E-state index contributed by atoms with van der Waals surface area (Å²) in [4.78, 5) is 34.7. The second-order valence-corrected chi connectivity index (χ2v) is 5.12. The van der Waals surface area contributed by atoms with Crippen LogP contribution in [0.15, 0.2) is 12.1 Å². The molecule has 0 aliphatic carbocycles. The molecule has 0 fully saturated rings. The molecule has 0 unspecified atom stereocenters. The number of aryl methyl sites for hydroxylation is 1. The standard InChI is InChI=1S/C11H11F3N2O4S/c1-6-2-3-7(21-6)9(18)20-4-8(17)16-10(19)15-5-11(12,13)14/h2-3H,4-5H2,1H3,(H2,15,16,17,19). The molecule has 0 aliphatic rings. The Morgan fingerprint density at radius 3 is 2.48 bits per heavy atom. The lowest BCUT2D eigenvalue weighted by atomic mass is 10.4. The summed E-state index contributed by atoms with van der Waals surface area (Å²) < 4.78 is 40.0. The SMILES string of the molecule is Cc1ccc(C(=O)OCC(=O)NC(=O)NCC(F)(F)F)s1. The van der Waals surface area contributed by atoms with Crippen molar-refractivity contribution in [3.05, 3.63) is 21.9 Å². The second-order valence-electron chi connectivity index (χ2n) is 3.83. The van der Waals surface area contributed by atoms with E-state index in [1.807, 2.05) is 0 Å². The summed E-state index contributed by atoms with van der Waals surface area (Å²) in [6, 6.07) is 1.88. The van der Waals surface area contributed by atoms with Crippen LogP contribution in [-0.2, 0) is 9.53 Å². The minimum Gasteiger partial charge on any atom is -0.451 e. The van der Waals surface area contributed by atoms with E-state index in [9.17, 15) is 27.6 Å². The molecule has 1 heterocycles. The number of urea groups is 1. The molecule has 0 spiro atoms. The lowest BCUT2D eigenvalue weighted by Gasteiger charge is -2.09. The summed E-state index contributed by atoms with van der Waals surface area (Å²) in [5, 5.41) is 3.04. The van der Waals surface area contributed by atoms with E-state index in [0.717, 1.165) is 16.2 Å². The Hall–Kier alpha value is -2.10. The molecule has 0 saturated heterocycles. The lowest BCUT2D eigenvalue weighted by molar-refractivity contribution is -0.125. The fourth-order valence-corrected chi connectivity index (χ4v) is 1.90. The minimum absolute atomic E-state index is 0.279. The van der Waals surface area contributed by atoms with Crippen molar-refractivity contribution in [1.82, 2.24) is 10.6 Å². The Bertz CT molecular complexity index is 542. The van der Waals surface area contributed by atoms with Crippen LogP contribution in [0.4, 0.5) is 18.0 Å². The van der Waals surface area contributed by atoms with Gasteiger partial charge in [0, 0.05) is 4.88 Å². The third-order valence-electron chi connectivity index (χ3n) is 1.98. The number of esters is 1. The Kier molecular flexibility index (Phi) is 5.70. The number of rotatable bonds is 4. The van der Waals surface area contributed by atoms with Crippen LogP contribution in [0.3, 0.4) is 0 Å². The quantitative estimate of drug-likeness (QED) is 0.824. The summed E-state index contributed by atoms with van der Waals surface area (Å²) in [5.41, 5.74) is 0. The van der Waals surface area contributed by atoms with Gasteiger partial charge in [0.25, 0.3) is 5.91 Å². The number of imide groups is 1. The van der Waals surface area contributed by atoms with Crippen LogP contribution in [0.5, 0.6) is 0 Å². The number of amides is 3. The van der Waals surface area contributed by atoms with Crippen LogP contribution in [0.2, 0.25) is 0 Å². The molecule has 0 aliphatic heterocycles. The van der Waals surface area contributed by atoms with Crippen molar-refractivity contribution in [1.29, 1.82) is 0 Å². The molecule has 6 nitrogen and oxygen atoms in total. The number of alkyl halides is 3. The molecule has 0 saturated carbocycles. The van der Waals surface area contributed by atoms with Crippen molar-refractivity contribution >= 4 is 29.2 Å². The molecule has 21 heavy (non-hydrogen) atoms. The van der Waals surface area contributed by atoms with E-state index in [0.29, 0.717) is 0 Å². The van der Waals surface area contributed by atoms with Crippen LogP contribution in [0.25, 0.3) is 0 Å². The van der Waals surface area contributed by atoms with Crippen molar-refractivity contribution < 1.29 is 32.3 Å². The van der Waals surface area contributed by atoms with Crippen LogP contribution in [0, 0.1) is 6.92 Å². The number of carbonyl (C=O) groups excluding carboxylic acids is 3. The first-order chi connectivity index (χ1) is 9.67. The summed E-state index contributed by atoms with van der Waals surface area (Å²) in [6.07, 6.45) is -4.58. The first-order valence-electron chi connectivity index (χ1n) is 5.55. The van der Waals surface area contributed by atoms with Crippen LogP contribution >= 0.6 is 11.3 Å². The van der Waals surface area contributed by atoms with Gasteiger partial charge in [0.2, 0.25) is 0 Å². The highest BCUT2D eigenvalue weighted by Crippen LogP contribution is 2.15. The summed E-state index contributed by atoms with van der Waals surface area (Å²) in [7, 11) is 0. The number of ether oxygens (including phenoxy) is 1. The van der Waals surface area contributed by atoms with Crippen LogP contribution in [-0.4, -0.2) is 37.2 Å². The van der Waals surface area contributed by atoms with Crippen molar-refractivity contribution in [2.75, 3.05) is 13.2 Å². The molecule has 10 heteroatoms. The van der Waals surface area contributed by atoms with Gasteiger partial charge in [-0.2, -0.15) is 13.2 Å². The number of halogens is 3. The number of nitrogens with one attached hydrogen (secondary N) is 2. The predicted molar refractivity (Wildman–Crippen MR) is 66.9 cm³/mol. The molecule has 0 bridgehead atoms. The van der Waals surface area contributed by atoms with Crippen molar-refractivity contribution in [2.24, 2.45) is 0 Å². The van der Waals surface area contributed by atoms with Gasteiger partial charge < -0.3 is 10.1 Å². The van der Waals surface area contributed by atoms with Crippen molar-refractivity contribution in [3.8, 4) is 0 Å². The fourth-order valence-electron chi connectivity index (χ4n) is 1.13. The highest BCUT2D eigenvalue weighted by molar-refractivity contribution is 7.13. The van der Waals surface area contributed by atoms with E-state index in [1.165, 1.54) is 11.4 Å². The molecule has 1 rings (SSSR count). The maximum atomic E-state index is 11.8. The zero-order valence-corrected chi connectivity index (χ0v) is 11.6. The molecule has 116 valence electrons. The molecule has 3 amide bonds. The van der Waals surface area contributed by atoms with Gasteiger partial charge in [-0.15, -0.1) is 11.3 Å². The van der Waals surface area contributed by atoms with Gasteiger partial charge in [0.15, 0.2) is 6.61 Å². The van der Waals surface area contributed by atoms with E-state index in [1.54, 1.807) is 18.3 Å². The number of hydrogen-bond donors (Lipinski definition) is 2. The maximum Gasteiger partial charge on any atom is 0.405 e. The monoisotopic (exact) mass is 324 g/mol. The average Bonchev–Trinajstić information content (AvgIpc) is 2.79. The fraction of sp³-hybridized carbons (Fsp3) is 0.364. The topological polar surface area (TPSA) is 84.5 Å². The molecule has 1 aromatic heterocycles. The van der Waals surface area contributed by atoms with E-state index in [4.69, 9.17) is 0 Å². The zero-order chi connectivity index (χ0) is 16.0. The Labute approximate surface area is 121 Å². The van der Waals surface area contributed by atoms with Gasteiger partial charge in [-0.3, -0.25) is 10.1 Å². The molecule has 0 radical (unpaired) electrons. The van der Waals surface area contributed by atoms with Gasteiger partial charge in [-0.25, -0.2) is 9.59 Å². The van der Waals surface area contributed by atoms with Gasteiger partial charge in [0.1, 0.15) is 11.4 Å². The maximum absolute atomic E-state index is 11.8. The third-order valence-corrected chi connectivity index (χ3v) is 2.96. The van der Waals surface area contributed by atoms with E-state index >= 15 is 0 Å². The molecule has 2 N–H and O–H groups in total. The molecule has 0 atom stereocenters. The van der Waals surface area contributed by atoms with E-state index in [2.05, 4.69) is 4.74 Å². The highest BCUT2D eigenvalue weighted by Gasteiger charge is 2.28. The van der Waals surface area contributed by atoms with E-state index < -0.39 is 37.2 Å². The number of hydrogen-bond acceptors (Lipinski definition) is 5. The second kappa shape index (κ2) is 7.07. The zero-order valence-electron chi connectivity index (χ0n) is 10.7. The Balaban J connectivity index is 2.31.